The van der Waals surface area contributed by atoms with Crippen molar-refractivity contribution in [3.05, 3.63) is 48.0 Å². The zero-order valence-corrected chi connectivity index (χ0v) is 9.61. The SMILES string of the molecule is C=CCCC1CCCc2ccccc2C1=O. The van der Waals surface area contributed by atoms with Crippen molar-refractivity contribution < 1.29 is 4.79 Å². The molecule has 0 radical (unpaired) electrons. The molecule has 0 saturated heterocycles. The summed E-state index contributed by atoms with van der Waals surface area (Å²) in [5.41, 5.74) is 2.18. The van der Waals surface area contributed by atoms with E-state index in [-0.39, 0.29) is 5.92 Å². The maximum absolute atomic E-state index is 12.3. The first-order valence-corrected chi connectivity index (χ1v) is 6.06. The van der Waals surface area contributed by atoms with Crippen molar-refractivity contribution in [3.63, 3.8) is 0 Å². The Morgan fingerprint density at radius 2 is 2.19 bits per heavy atom. The summed E-state index contributed by atoms with van der Waals surface area (Å²) < 4.78 is 0. The van der Waals surface area contributed by atoms with E-state index in [4.69, 9.17) is 0 Å². The number of carbonyl (C=O) groups excluding carboxylic acids is 1. The highest BCUT2D eigenvalue weighted by atomic mass is 16.1. The number of fused-ring (bicyclic) bond motifs is 1. The van der Waals surface area contributed by atoms with Gasteiger partial charge in [-0.3, -0.25) is 4.79 Å². The number of benzene rings is 1. The van der Waals surface area contributed by atoms with Gasteiger partial charge in [0.2, 0.25) is 0 Å². The molecule has 1 aliphatic rings. The van der Waals surface area contributed by atoms with Crippen LogP contribution in [-0.4, -0.2) is 5.78 Å². The van der Waals surface area contributed by atoms with Crippen molar-refractivity contribution in [2.45, 2.75) is 32.1 Å². The smallest absolute Gasteiger partial charge is 0.166 e. The van der Waals surface area contributed by atoms with Gasteiger partial charge in [-0.05, 0) is 37.7 Å². The van der Waals surface area contributed by atoms with Crippen molar-refractivity contribution in [2.24, 2.45) is 5.92 Å². The Morgan fingerprint density at radius 3 is 3.00 bits per heavy atom. The number of aryl methyl sites for hydroxylation is 1. The van der Waals surface area contributed by atoms with Gasteiger partial charge in [-0.25, -0.2) is 0 Å². The van der Waals surface area contributed by atoms with Gasteiger partial charge >= 0.3 is 0 Å². The fraction of sp³-hybridized carbons (Fsp3) is 0.400. The zero-order valence-electron chi connectivity index (χ0n) is 9.61. The van der Waals surface area contributed by atoms with Gasteiger partial charge in [0.1, 0.15) is 0 Å². The Bertz CT molecular complexity index is 392. The van der Waals surface area contributed by atoms with Crippen LogP contribution in [-0.2, 0) is 6.42 Å². The van der Waals surface area contributed by atoms with Gasteiger partial charge in [0.15, 0.2) is 5.78 Å². The molecule has 0 N–H and O–H groups in total. The fourth-order valence-electron chi connectivity index (χ4n) is 2.46. The summed E-state index contributed by atoms with van der Waals surface area (Å²) in [6, 6.07) is 8.05. The molecule has 1 unspecified atom stereocenters. The van der Waals surface area contributed by atoms with Crippen LogP contribution in [0.15, 0.2) is 36.9 Å². The summed E-state index contributed by atoms with van der Waals surface area (Å²) in [7, 11) is 0. The molecular formula is C15H18O. The number of rotatable bonds is 3. The molecule has 1 aromatic rings. The van der Waals surface area contributed by atoms with E-state index >= 15 is 0 Å². The number of allylic oxidation sites excluding steroid dienone is 1. The second-order valence-corrected chi connectivity index (χ2v) is 4.48. The Kier molecular flexibility index (Phi) is 3.55. The van der Waals surface area contributed by atoms with E-state index in [0.717, 1.165) is 37.7 Å². The maximum atomic E-state index is 12.3. The molecule has 1 atom stereocenters. The van der Waals surface area contributed by atoms with Gasteiger partial charge in [0.25, 0.3) is 0 Å². The van der Waals surface area contributed by atoms with Crippen LogP contribution in [0.2, 0.25) is 0 Å². The minimum absolute atomic E-state index is 0.210. The summed E-state index contributed by atoms with van der Waals surface area (Å²) in [5, 5.41) is 0. The lowest BCUT2D eigenvalue weighted by Crippen LogP contribution is -2.13. The van der Waals surface area contributed by atoms with E-state index in [1.165, 1.54) is 5.56 Å². The quantitative estimate of drug-likeness (QED) is 0.552. The molecule has 0 heterocycles. The molecular weight excluding hydrogens is 196 g/mol. The summed E-state index contributed by atoms with van der Waals surface area (Å²) in [4.78, 5) is 12.3. The topological polar surface area (TPSA) is 17.1 Å². The molecule has 0 spiro atoms. The molecule has 2 rings (SSSR count). The van der Waals surface area contributed by atoms with E-state index in [0.29, 0.717) is 5.78 Å². The monoisotopic (exact) mass is 214 g/mol. The molecule has 1 nitrogen and oxygen atoms in total. The zero-order chi connectivity index (χ0) is 11.4. The third-order valence-electron chi connectivity index (χ3n) is 3.37. The second kappa shape index (κ2) is 5.11. The van der Waals surface area contributed by atoms with Crippen molar-refractivity contribution in [3.8, 4) is 0 Å². The lowest BCUT2D eigenvalue weighted by molar-refractivity contribution is 0.0910. The Hall–Kier alpha value is -1.37. The molecule has 84 valence electrons. The van der Waals surface area contributed by atoms with Crippen LogP contribution in [0, 0.1) is 5.92 Å². The van der Waals surface area contributed by atoms with Crippen LogP contribution in [0.5, 0.6) is 0 Å². The second-order valence-electron chi connectivity index (χ2n) is 4.48. The highest BCUT2D eigenvalue weighted by Crippen LogP contribution is 2.27. The number of carbonyl (C=O) groups is 1. The van der Waals surface area contributed by atoms with Crippen LogP contribution in [0.1, 0.15) is 41.6 Å². The fourth-order valence-corrected chi connectivity index (χ4v) is 2.46. The highest BCUT2D eigenvalue weighted by Gasteiger charge is 2.24. The van der Waals surface area contributed by atoms with Crippen molar-refractivity contribution in [1.82, 2.24) is 0 Å². The minimum atomic E-state index is 0.210. The third kappa shape index (κ3) is 2.24. The molecule has 1 aromatic carbocycles. The summed E-state index contributed by atoms with van der Waals surface area (Å²) in [6.07, 6.45) is 7.01. The third-order valence-corrected chi connectivity index (χ3v) is 3.37. The normalized spacial score (nSPS) is 20.0. The first kappa shape index (κ1) is 11.1. The highest BCUT2D eigenvalue weighted by molar-refractivity contribution is 5.99. The molecule has 1 aliphatic carbocycles. The molecule has 0 fully saturated rings. The largest absolute Gasteiger partial charge is 0.294 e. The lowest BCUT2D eigenvalue weighted by atomic mass is 9.91. The average Bonchev–Trinajstić information content (AvgIpc) is 2.47. The van der Waals surface area contributed by atoms with Crippen LogP contribution < -0.4 is 0 Å². The molecule has 0 aromatic heterocycles. The van der Waals surface area contributed by atoms with Crippen molar-refractivity contribution >= 4 is 5.78 Å². The van der Waals surface area contributed by atoms with Gasteiger partial charge < -0.3 is 0 Å². The molecule has 0 bridgehead atoms. The Balaban J connectivity index is 2.22. The maximum Gasteiger partial charge on any atom is 0.166 e. The van der Waals surface area contributed by atoms with E-state index in [2.05, 4.69) is 12.6 Å². The number of Topliss-reactive ketones (excluding diaryl/α,β-unsaturated/α-hetero) is 1. The summed E-state index contributed by atoms with van der Waals surface area (Å²) >= 11 is 0. The number of ketones is 1. The van der Waals surface area contributed by atoms with Crippen LogP contribution in [0.3, 0.4) is 0 Å². The van der Waals surface area contributed by atoms with E-state index < -0.39 is 0 Å². The molecule has 1 heteroatoms. The van der Waals surface area contributed by atoms with E-state index in [1.54, 1.807) is 0 Å². The van der Waals surface area contributed by atoms with E-state index in [9.17, 15) is 4.79 Å². The van der Waals surface area contributed by atoms with Crippen LogP contribution >= 0.6 is 0 Å². The van der Waals surface area contributed by atoms with E-state index in [1.807, 2.05) is 24.3 Å². The molecule has 0 saturated carbocycles. The van der Waals surface area contributed by atoms with Crippen LogP contribution in [0.4, 0.5) is 0 Å². The standard InChI is InChI=1S/C15H18O/c1-2-3-7-13-10-6-9-12-8-4-5-11-14(12)15(13)16/h2,4-5,8,11,13H,1,3,6-7,9-10H2. The minimum Gasteiger partial charge on any atom is -0.294 e. The van der Waals surface area contributed by atoms with Gasteiger partial charge in [0, 0.05) is 11.5 Å². The average molecular weight is 214 g/mol. The number of hydrogen-bond acceptors (Lipinski definition) is 1. The molecule has 0 aliphatic heterocycles. The van der Waals surface area contributed by atoms with Gasteiger partial charge in [-0.1, -0.05) is 30.3 Å². The van der Waals surface area contributed by atoms with Gasteiger partial charge in [-0.2, -0.15) is 0 Å². The Morgan fingerprint density at radius 1 is 1.38 bits per heavy atom. The lowest BCUT2D eigenvalue weighted by Gasteiger charge is -2.12. The summed E-state index contributed by atoms with van der Waals surface area (Å²) in [5.74, 6) is 0.552. The van der Waals surface area contributed by atoms with Crippen molar-refractivity contribution in [1.29, 1.82) is 0 Å². The predicted molar refractivity (Wildman–Crippen MR) is 66.6 cm³/mol. The van der Waals surface area contributed by atoms with Crippen molar-refractivity contribution in [2.75, 3.05) is 0 Å². The van der Waals surface area contributed by atoms with Crippen LogP contribution in [0.25, 0.3) is 0 Å². The summed E-state index contributed by atoms with van der Waals surface area (Å²) in [6.45, 7) is 3.73. The number of hydrogen-bond donors (Lipinski definition) is 0. The predicted octanol–water partition coefficient (Wildman–Crippen LogP) is 3.79. The Labute approximate surface area is 97.2 Å². The van der Waals surface area contributed by atoms with Gasteiger partial charge in [-0.15, -0.1) is 6.58 Å². The first-order chi connectivity index (χ1) is 7.83. The molecule has 16 heavy (non-hydrogen) atoms. The first-order valence-electron chi connectivity index (χ1n) is 6.06. The van der Waals surface area contributed by atoms with Gasteiger partial charge in [0.05, 0.1) is 0 Å². The molecule has 0 amide bonds.